The summed E-state index contributed by atoms with van der Waals surface area (Å²) in [6.45, 7) is 10.0. The van der Waals surface area contributed by atoms with Crippen LogP contribution in [-0.4, -0.2) is 39.6 Å². The second kappa shape index (κ2) is 8.78. The Balaban J connectivity index is 1.74. The van der Waals surface area contributed by atoms with E-state index in [2.05, 4.69) is 37.7 Å². The van der Waals surface area contributed by atoms with Crippen LogP contribution in [-0.2, 0) is 17.6 Å². The molecule has 0 aliphatic heterocycles. The molecule has 1 aliphatic carbocycles. The molecule has 0 saturated heterocycles. The van der Waals surface area contributed by atoms with E-state index in [-0.39, 0.29) is 11.5 Å². The first kappa shape index (κ1) is 20.4. The summed E-state index contributed by atoms with van der Waals surface area (Å²) < 4.78 is 0. The Morgan fingerprint density at radius 3 is 2.52 bits per heavy atom. The number of rotatable bonds is 7. The molecule has 7 heteroatoms. The number of aromatic nitrogens is 2. The van der Waals surface area contributed by atoms with Crippen molar-refractivity contribution in [3.63, 3.8) is 0 Å². The first-order valence-electron chi connectivity index (χ1n) is 9.80. The fourth-order valence-electron chi connectivity index (χ4n) is 3.59. The number of H-pyrrole nitrogens is 1. The summed E-state index contributed by atoms with van der Waals surface area (Å²) in [5, 5.41) is 1.32. The minimum Gasteiger partial charge on any atom is -0.341 e. The summed E-state index contributed by atoms with van der Waals surface area (Å²) in [5.41, 5.74) is 1.14. The largest absolute Gasteiger partial charge is 0.341 e. The summed E-state index contributed by atoms with van der Waals surface area (Å²) in [7, 11) is 0. The first-order valence-corrected chi connectivity index (χ1v) is 11.6. The highest BCUT2D eigenvalue weighted by molar-refractivity contribution is 7.99. The Hall–Kier alpha value is -1.34. The fourth-order valence-corrected chi connectivity index (χ4v) is 5.68. The van der Waals surface area contributed by atoms with Crippen LogP contribution in [0, 0.1) is 11.8 Å². The number of carbonyl (C=O) groups excluding carboxylic acids is 1. The summed E-state index contributed by atoms with van der Waals surface area (Å²) in [6, 6.07) is 0. The van der Waals surface area contributed by atoms with Gasteiger partial charge in [-0.3, -0.25) is 9.59 Å². The number of aryl methyl sites for hydroxylation is 2. The molecule has 0 saturated carbocycles. The quantitative estimate of drug-likeness (QED) is 0.554. The van der Waals surface area contributed by atoms with Crippen molar-refractivity contribution in [2.75, 3.05) is 18.8 Å². The highest BCUT2D eigenvalue weighted by Crippen LogP contribution is 2.34. The van der Waals surface area contributed by atoms with Crippen LogP contribution in [0.1, 0.15) is 51.0 Å². The van der Waals surface area contributed by atoms with Crippen LogP contribution in [0.3, 0.4) is 0 Å². The minimum atomic E-state index is -0.0597. The number of nitrogens with one attached hydrogen (secondary N) is 1. The van der Waals surface area contributed by atoms with Crippen molar-refractivity contribution in [3.05, 3.63) is 20.8 Å². The van der Waals surface area contributed by atoms with Gasteiger partial charge in [0.2, 0.25) is 5.91 Å². The molecule has 0 spiro atoms. The standard InChI is InChI=1S/C20H29N3O2S2/c1-12(2)9-23(10-13(3)4)16(24)11-26-20-21-18(25)17-14-7-5-6-8-15(14)27-19(17)22-20/h12-13H,5-11H2,1-4H3,(H,21,22,25). The molecular formula is C20H29N3O2S2. The Kier molecular flexibility index (Phi) is 6.63. The Morgan fingerprint density at radius 1 is 1.19 bits per heavy atom. The summed E-state index contributed by atoms with van der Waals surface area (Å²) in [4.78, 5) is 36.9. The smallest absolute Gasteiger partial charge is 0.260 e. The van der Waals surface area contributed by atoms with E-state index < -0.39 is 0 Å². The Bertz CT molecular complexity index is 860. The number of hydrogen-bond donors (Lipinski definition) is 1. The van der Waals surface area contributed by atoms with Gasteiger partial charge in [0.05, 0.1) is 11.1 Å². The minimum absolute atomic E-state index is 0.0597. The molecule has 0 bridgehead atoms. The Morgan fingerprint density at radius 2 is 1.85 bits per heavy atom. The van der Waals surface area contributed by atoms with Gasteiger partial charge in [0, 0.05) is 18.0 Å². The van der Waals surface area contributed by atoms with Crippen LogP contribution < -0.4 is 5.56 Å². The number of hydrogen-bond acceptors (Lipinski definition) is 5. The second-order valence-electron chi connectivity index (χ2n) is 8.14. The molecule has 0 aromatic carbocycles. The predicted octanol–water partition coefficient (Wildman–Crippen LogP) is 4.10. The molecule has 1 amide bonds. The van der Waals surface area contributed by atoms with Gasteiger partial charge in [0.25, 0.3) is 5.56 Å². The highest BCUT2D eigenvalue weighted by atomic mass is 32.2. The van der Waals surface area contributed by atoms with Gasteiger partial charge in [-0.25, -0.2) is 4.98 Å². The van der Waals surface area contributed by atoms with Gasteiger partial charge in [-0.2, -0.15) is 0 Å². The lowest BCUT2D eigenvalue weighted by Gasteiger charge is -2.26. The molecule has 0 atom stereocenters. The lowest BCUT2D eigenvalue weighted by molar-refractivity contribution is -0.129. The summed E-state index contributed by atoms with van der Waals surface area (Å²) in [5.74, 6) is 1.28. The fraction of sp³-hybridized carbons (Fsp3) is 0.650. The molecule has 27 heavy (non-hydrogen) atoms. The van der Waals surface area contributed by atoms with Gasteiger partial charge in [-0.05, 0) is 43.1 Å². The molecular weight excluding hydrogens is 378 g/mol. The molecule has 5 nitrogen and oxygen atoms in total. The predicted molar refractivity (Wildman–Crippen MR) is 114 cm³/mol. The average Bonchev–Trinajstić information content (AvgIpc) is 2.97. The number of amides is 1. The highest BCUT2D eigenvalue weighted by Gasteiger charge is 2.21. The van der Waals surface area contributed by atoms with Crippen molar-refractivity contribution >= 4 is 39.2 Å². The zero-order valence-corrected chi connectivity index (χ0v) is 18.3. The Labute approximate surface area is 169 Å². The van der Waals surface area contributed by atoms with Crippen LogP contribution in [0.25, 0.3) is 10.2 Å². The van der Waals surface area contributed by atoms with Gasteiger partial charge in [0.15, 0.2) is 5.16 Å². The van der Waals surface area contributed by atoms with E-state index >= 15 is 0 Å². The number of aromatic amines is 1. The number of fused-ring (bicyclic) bond motifs is 3. The van der Waals surface area contributed by atoms with Crippen LogP contribution in [0.4, 0.5) is 0 Å². The van der Waals surface area contributed by atoms with Crippen molar-refractivity contribution in [2.45, 2.75) is 58.5 Å². The lowest BCUT2D eigenvalue weighted by Crippen LogP contribution is -2.38. The molecule has 1 aliphatic rings. The van der Waals surface area contributed by atoms with E-state index in [1.165, 1.54) is 28.6 Å². The van der Waals surface area contributed by atoms with Gasteiger partial charge in [0.1, 0.15) is 4.83 Å². The van der Waals surface area contributed by atoms with E-state index in [1.807, 2.05) is 4.90 Å². The number of nitrogens with zero attached hydrogens (tertiary/aromatic N) is 2. The third-order valence-corrected chi connectivity index (χ3v) is 6.70. The van der Waals surface area contributed by atoms with E-state index in [1.54, 1.807) is 11.3 Å². The molecule has 2 aromatic heterocycles. The van der Waals surface area contributed by atoms with Gasteiger partial charge < -0.3 is 9.88 Å². The zero-order chi connectivity index (χ0) is 19.6. The third-order valence-electron chi connectivity index (χ3n) is 4.66. The average molecular weight is 408 g/mol. The van der Waals surface area contributed by atoms with E-state index in [4.69, 9.17) is 0 Å². The monoisotopic (exact) mass is 407 g/mol. The van der Waals surface area contributed by atoms with Crippen molar-refractivity contribution < 1.29 is 4.79 Å². The van der Waals surface area contributed by atoms with Gasteiger partial charge >= 0.3 is 0 Å². The topological polar surface area (TPSA) is 66.1 Å². The van der Waals surface area contributed by atoms with E-state index in [0.29, 0.717) is 22.7 Å². The van der Waals surface area contributed by atoms with Gasteiger partial charge in [-0.1, -0.05) is 39.5 Å². The zero-order valence-electron chi connectivity index (χ0n) is 16.6. The molecule has 148 valence electrons. The van der Waals surface area contributed by atoms with E-state index in [0.717, 1.165) is 42.6 Å². The summed E-state index contributed by atoms with van der Waals surface area (Å²) in [6.07, 6.45) is 4.36. The van der Waals surface area contributed by atoms with Crippen LogP contribution in [0.15, 0.2) is 9.95 Å². The molecule has 1 N–H and O–H groups in total. The maximum absolute atomic E-state index is 12.7. The molecule has 0 unspecified atom stereocenters. The lowest BCUT2D eigenvalue weighted by atomic mass is 9.97. The van der Waals surface area contributed by atoms with Crippen molar-refractivity contribution in [1.29, 1.82) is 0 Å². The maximum atomic E-state index is 12.7. The SMILES string of the molecule is CC(C)CN(CC(C)C)C(=O)CSc1nc2sc3c(c2c(=O)[nH]1)CCCC3. The normalized spacial score (nSPS) is 14.1. The summed E-state index contributed by atoms with van der Waals surface area (Å²) >= 11 is 2.98. The molecule has 0 radical (unpaired) electrons. The second-order valence-corrected chi connectivity index (χ2v) is 10.2. The number of thiophene rings is 1. The van der Waals surface area contributed by atoms with Crippen LogP contribution in [0.2, 0.25) is 0 Å². The molecule has 0 fully saturated rings. The molecule has 2 heterocycles. The molecule has 2 aromatic rings. The van der Waals surface area contributed by atoms with Crippen molar-refractivity contribution in [1.82, 2.24) is 14.9 Å². The maximum Gasteiger partial charge on any atom is 0.260 e. The molecule has 3 rings (SSSR count). The first-order chi connectivity index (χ1) is 12.8. The van der Waals surface area contributed by atoms with Crippen LogP contribution in [0.5, 0.6) is 0 Å². The van der Waals surface area contributed by atoms with Crippen molar-refractivity contribution in [3.8, 4) is 0 Å². The van der Waals surface area contributed by atoms with Gasteiger partial charge in [-0.15, -0.1) is 11.3 Å². The van der Waals surface area contributed by atoms with Crippen LogP contribution >= 0.6 is 23.1 Å². The number of thioether (sulfide) groups is 1. The van der Waals surface area contributed by atoms with Crippen molar-refractivity contribution in [2.24, 2.45) is 11.8 Å². The number of carbonyl (C=O) groups is 1. The third kappa shape index (κ3) is 4.93. The van der Waals surface area contributed by atoms with E-state index in [9.17, 15) is 9.59 Å².